The Labute approximate surface area is 107 Å². The Hall–Kier alpha value is -0.370. The van der Waals surface area contributed by atoms with Crippen LogP contribution in [0.5, 0.6) is 0 Å². The molecule has 0 saturated carbocycles. The maximum absolute atomic E-state index is 12.5. The molecule has 0 aromatic heterocycles. The van der Waals surface area contributed by atoms with E-state index in [2.05, 4.69) is 33.0 Å². The van der Waals surface area contributed by atoms with Gasteiger partial charge in [0.25, 0.3) is 0 Å². The Balaban J connectivity index is 2.60. The molecule has 0 radical (unpaired) electrons. The van der Waals surface area contributed by atoms with Crippen molar-refractivity contribution >= 4 is 5.78 Å². The van der Waals surface area contributed by atoms with Gasteiger partial charge in [-0.15, -0.1) is 0 Å². The second-order valence-electron chi connectivity index (χ2n) is 6.79. The summed E-state index contributed by atoms with van der Waals surface area (Å²) in [7, 11) is 0. The van der Waals surface area contributed by atoms with E-state index < -0.39 is 0 Å². The molecular weight excluding hydrogens is 210 g/mol. The number of nitrogens with one attached hydrogen (secondary N) is 1. The minimum atomic E-state index is -0.0434. The fourth-order valence-corrected chi connectivity index (χ4v) is 2.79. The number of Topliss-reactive ketones (excluding diaryl/α,β-unsaturated/α-hetero) is 1. The molecule has 0 bridgehead atoms. The first kappa shape index (κ1) is 14.7. The first-order chi connectivity index (χ1) is 7.90. The minimum Gasteiger partial charge on any atom is -0.316 e. The Kier molecular flexibility index (Phi) is 5.18. The molecule has 2 heteroatoms. The van der Waals surface area contributed by atoms with E-state index in [1.807, 2.05) is 0 Å². The van der Waals surface area contributed by atoms with E-state index in [0.717, 1.165) is 51.6 Å². The number of ketones is 1. The molecule has 1 atom stereocenters. The van der Waals surface area contributed by atoms with Crippen molar-refractivity contribution in [3.8, 4) is 0 Å². The van der Waals surface area contributed by atoms with Gasteiger partial charge in [-0.25, -0.2) is 0 Å². The van der Waals surface area contributed by atoms with Gasteiger partial charge >= 0.3 is 0 Å². The van der Waals surface area contributed by atoms with Crippen LogP contribution >= 0.6 is 0 Å². The SMILES string of the molecule is CCCC1(C(=O)CCC(C)(C)C)CCCNC1. The van der Waals surface area contributed by atoms with Crippen molar-refractivity contribution < 1.29 is 4.79 Å². The molecule has 1 saturated heterocycles. The van der Waals surface area contributed by atoms with Gasteiger partial charge in [-0.05, 0) is 37.6 Å². The van der Waals surface area contributed by atoms with Crippen LogP contribution < -0.4 is 5.32 Å². The first-order valence-corrected chi connectivity index (χ1v) is 7.14. The van der Waals surface area contributed by atoms with Crippen molar-refractivity contribution in [2.24, 2.45) is 10.8 Å². The second kappa shape index (κ2) is 5.99. The van der Waals surface area contributed by atoms with E-state index in [4.69, 9.17) is 0 Å². The average molecular weight is 239 g/mol. The zero-order valence-corrected chi connectivity index (χ0v) is 12.1. The third kappa shape index (κ3) is 4.42. The van der Waals surface area contributed by atoms with Crippen molar-refractivity contribution in [1.29, 1.82) is 0 Å². The summed E-state index contributed by atoms with van der Waals surface area (Å²) in [6.07, 6.45) is 6.19. The normalized spacial score (nSPS) is 25.9. The van der Waals surface area contributed by atoms with Crippen molar-refractivity contribution in [3.05, 3.63) is 0 Å². The van der Waals surface area contributed by atoms with E-state index in [-0.39, 0.29) is 10.8 Å². The maximum Gasteiger partial charge on any atom is 0.140 e. The highest BCUT2D eigenvalue weighted by Gasteiger charge is 2.38. The monoisotopic (exact) mass is 239 g/mol. The molecule has 1 rings (SSSR count). The van der Waals surface area contributed by atoms with E-state index in [1.165, 1.54) is 0 Å². The van der Waals surface area contributed by atoms with Crippen LogP contribution in [0.3, 0.4) is 0 Å². The van der Waals surface area contributed by atoms with Gasteiger partial charge in [0.05, 0.1) is 0 Å². The summed E-state index contributed by atoms with van der Waals surface area (Å²) in [5, 5.41) is 3.42. The van der Waals surface area contributed by atoms with E-state index in [1.54, 1.807) is 0 Å². The third-order valence-corrected chi connectivity index (χ3v) is 3.89. The molecule has 1 N–H and O–H groups in total. The van der Waals surface area contributed by atoms with Crippen LogP contribution in [0.2, 0.25) is 0 Å². The number of piperidine rings is 1. The van der Waals surface area contributed by atoms with Gasteiger partial charge in [0.1, 0.15) is 5.78 Å². The van der Waals surface area contributed by atoms with Crippen LogP contribution in [0.1, 0.15) is 66.2 Å². The van der Waals surface area contributed by atoms with Gasteiger partial charge < -0.3 is 5.32 Å². The Morgan fingerprint density at radius 1 is 1.35 bits per heavy atom. The van der Waals surface area contributed by atoms with Crippen LogP contribution in [0.25, 0.3) is 0 Å². The van der Waals surface area contributed by atoms with E-state index in [0.29, 0.717) is 5.78 Å². The Morgan fingerprint density at radius 2 is 2.06 bits per heavy atom. The molecule has 0 aromatic carbocycles. The number of carbonyl (C=O) groups excluding carboxylic acids is 1. The van der Waals surface area contributed by atoms with Crippen molar-refractivity contribution in [1.82, 2.24) is 5.32 Å². The molecule has 100 valence electrons. The second-order valence-corrected chi connectivity index (χ2v) is 6.79. The lowest BCUT2D eigenvalue weighted by Crippen LogP contribution is -2.45. The quantitative estimate of drug-likeness (QED) is 0.795. The van der Waals surface area contributed by atoms with Crippen LogP contribution in [0.15, 0.2) is 0 Å². The van der Waals surface area contributed by atoms with Gasteiger partial charge in [0, 0.05) is 18.4 Å². The fourth-order valence-electron chi connectivity index (χ4n) is 2.79. The summed E-state index contributed by atoms with van der Waals surface area (Å²) in [5.74, 6) is 0.501. The smallest absolute Gasteiger partial charge is 0.140 e. The van der Waals surface area contributed by atoms with Crippen LogP contribution in [-0.2, 0) is 4.79 Å². The van der Waals surface area contributed by atoms with Gasteiger partial charge in [0.2, 0.25) is 0 Å². The Morgan fingerprint density at radius 3 is 2.53 bits per heavy atom. The molecule has 0 spiro atoms. The fraction of sp³-hybridized carbons (Fsp3) is 0.933. The highest BCUT2D eigenvalue weighted by Crippen LogP contribution is 2.35. The van der Waals surface area contributed by atoms with Crippen LogP contribution in [-0.4, -0.2) is 18.9 Å². The molecular formula is C15H29NO. The number of hydrogen-bond donors (Lipinski definition) is 1. The van der Waals surface area contributed by atoms with Gasteiger partial charge in [0.15, 0.2) is 0 Å². The summed E-state index contributed by atoms with van der Waals surface area (Å²) in [4.78, 5) is 12.5. The number of hydrogen-bond acceptors (Lipinski definition) is 2. The highest BCUT2D eigenvalue weighted by atomic mass is 16.1. The summed E-state index contributed by atoms with van der Waals surface area (Å²) in [6, 6.07) is 0. The number of rotatable bonds is 5. The molecule has 0 aliphatic carbocycles. The average Bonchev–Trinajstić information content (AvgIpc) is 2.26. The molecule has 0 amide bonds. The minimum absolute atomic E-state index is 0.0434. The predicted molar refractivity (Wildman–Crippen MR) is 73.1 cm³/mol. The summed E-state index contributed by atoms with van der Waals surface area (Å²) in [6.45, 7) is 10.8. The van der Waals surface area contributed by atoms with E-state index >= 15 is 0 Å². The molecule has 1 fully saturated rings. The molecule has 1 heterocycles. The van der Waals surface area contributed by atoms with Crippen molar-refractivity contribution in [2.45, 2.75) is 66.2 Å². The Bertz CT molecular complexity index is 241. The zero-order chi connectivity index (χ0) is 12.9. The lowest BCUT2D eigenvalue weighted by Gasteiger charge is -2.37. The van der Waals surface area contributed by atoms with Crippen molar-refractivity contribution in [2.75, 3.05) is 13.1 Å². The zero-order valence-electron chi connectivity index (χ0n) is 12.1. The summed E-state index contributed by atoms with van der Waals surface area (Å²) in [5.41, 5.74) is 0.226. The van der Waals surface area contributed by atoms with Gasteiger partial charge in [-0.1, -0.05) is 34.1 Å². The summed E-state index contributed by atoms with van der Waals surface area (Å²) >= 11 is 0. The maximum atomic E-state index is 12.5. The predicted octanol–water partition coefficient (Wildman–Crippen LogP) is 3.55. The van der Waals surface area contributed by atoms with E-state index in [9.17, 15) is 4.79 Å². The van der Waals surface area contributed by atoms with Crippen LogP contribution in [0, 0.1) is 10.8 Å². The van der Waals surface area contributed by atoms with Gasteiger partial charge in [-0.3, -0.25) is 4.79 Å². The molecule has 17 heavy (non-hydrogen) atoms. The number of carbonyl (C=O) groups is 1. The third-order valence-electron chi connectivity index (χ3n) is 3.89. The lowest BCUT2D eigenvalue weighted by molar-refractivity contribution is -0.130. The summed E-state index contributed by atoms with van der Waals surface area (Å²) < 4.78 is 0. The molecule has 1 unspecified atom stereocenters. The molecule has 0 aromatic rings. The first-order valence-electron chi connectivity index (χ1n) is 7.14. The van der Waals surface area contributed by atoms with Crippen molar-refractivity contribution in [3.63, 3.8) is 0 Å². The van der Waals surface area contributed by atoms with Gasteiger partial charge in [-0.2, -0.15) is 0 Å². The molecule has 2 nitrogen and oxygen atoms in total. The molecule has 1 aliphatic rings. The highest BCUT2D eigenvalue weighted by molar-refractivity contribution is 5.85. The lowest BCUT2D eigenvalue weighted by atomic mass is 9.71. The van der Waals surface area contributed by atoms with Crippen LogP contribution in [0.4, 0.5) is 0 Å². The molecule has 1 aliphatic heterocycles. The topological polar surface area (TPSA) is 29.1 Å². The standard InChI is InChI=1S/C15H29NO/c1-5-8-15(9-6-11-16-12-15)13(17)7-10-14(2,3)4/h16H,5-12H2,1-4H3. The largest absolute Gasteiger partial charge is 0.316 e.